The minimum Gasteiger partial charge on any atom is -0.368 e. The van der Waals surface area contributed by atoms with E-state index in [-0.39, 0.29) is 0 Å². The number of carbonyl (C=O) groups excluding carboxylic acids is 1. The van der Waals surface area contributed by atoms with E-state index in [1.54, 1.807) is 0 Å². The maximum Gasteiger partial charge on any atom is 0.257 e. The molecule has 24 heavy (non-hydrogen) atoms. The van der Waals surface area contributed by atoms with Gasteiger partial charge in [-0.2, -0.15) is 0 Å². The largest absolute Gasteiger partial charge is 0.368 e. The van der Waals surface area contributed by atoms with Gasteiger partial charge in [-0.1, -0.05) is 22.0 Å². The second-order valence-corrected chi connectivity index (χ2v) is 6.40. The van der Waals surface area contributed by atoms with Gasteiger partial charge in [0, 0.05) is 36.3 Å². The van der Waals surface area contributed by atoms with Crippen molar-refractivity contribution < 1.29 is 18.0 Å². The predicted molar refractivity (Wildman–Crippen MR) is 88.6 cm³/mol. The van der Waals surface area contributed by atoms with E-state index in [1.165, 1.54) is 4.90 Å². The number of benzene rings is 2. The zero-order valence-corrected chi connectivity index (χ0v) is 14.2. The molecular weight excluding hydrogens is 385 g/mol. The molecule has 1 fully saturated rings. The van der Waals surface area contributed by atoms with Crippen LogP contribution in [0, 0.1) is 17.5 Å². The zero-order chi connectivity index (χ0) is 17.3. The monoisotopic (exact) mass is 398 g/mol. The van der Waals surface area contributed by atoms with Crippen LogP contribution in [0.15, 0.2) is 40.9 Å². The third kappa shape index (κ3) is 3.26. The predicted octanol–water partition coefficient (Wildman–Crippen LogP) is 3.83. The fraction of sp³-hybridized carbons (Fsp3) is 0.235. The molecule has 2 aromatic carbocycles. The standard InChI is InChI=1S/C17H14BrF3N2O/c18-11-2-1-3-12(10-11)22-6-8-23(9-7-22)17(24)13-4-5-14(19)16(21)15(13)20/h1-5,10H,6-9H2. The number of nitrogens with zero attached hydrogens (tertiary/aromatic N) is 2. The number of amides is 1. The highest BCUT2D eigenvalue weighted by Gasteiger charge is 2.26. The molecule has 2 aromatic rings. The first-order valence-corrected chi connectivity index (χ1v) is 8.20. The average molecular weight is 399 g/mol. The minimum atomic E-state index is -1.62. The number of rotatable bonds is 2. The van der Waals surface area contributed by atoms with Crippen LogP contribution in [0.25, 0.3) is 0 Å². The number of halogens is 4. The topological polar surface area (TPSA) is 23.6 Å². The Balaban J connectivity index is 1.71. The third-order valence-corrected chi connectivity index (χ3v) is 4.50. The Morgan fingerprint density at radius 1 is 0.958 bits per heavy atom. The summed E-state index contributed by atoms with van der Waals surface area (Å²) in [6.07, 6.45) is 0. The maximum absolute atomic E-state index is 13.8. The molecule has 3 rings (SSSR count). The van der Waals surface area contributed by atoms with E-state index >= 15 is 0 Å². The second kappa shape index (κ2) is 6.84. The molecule has 0 spiro atoms. The Hall–Kier alpha value is -2.02. The second-order valence-electron chi connectivity index (χ2n) is 5.48. The van der Waals surface area contributed by atoms with E-state index in [9.17, 15) is 18.0 Å². The molecule has 1 amide bonds. The first-order valence-electron chi connectivity index (χ1n) is 7.40. The van der Waals surface area contributed by atoms with Gasteiger partial charge in [0.2, 0.25) is 0 Å². The van der Waals surface area contributed by atoms with Gasteiger partial charge in [-0.15, -0.1) is 0 Å². The lowest BCUT2D eigenvalue weighted by Gasteiger charge is -2.36. The molecule has 0 radical (unpaired) electrons. The molecule has 1 aliphatic rings. The van der Waals surface area contributed by atoms with E-state index in [0.29, 0.717) is 26.2 Å². The summed E-state index contributed by atoms with van der Waals surface area (Å²) in [7, 11) is 0. The molecule has 3 nitrogen and oxygen atoms in total. The fourth-order valence-electron chi connectivity index (χ4n) is 2.70. The van der Waals surface area contributed by atoms with Crippen molar-refractivity contribution in [3.05, 3.63) is 63.9 Å². The van der Waals surface area contributed by atoms with Gasteiger partial charge in [0.15, 0.2) is 17.5 Å². The van der Waals surface area contributed by atoms with E-state index < -0.39 is 28.9 Å². The van der Waals surface area contributed by atoms with Crippen LogP contribution >= 0.6 is 15.9 Å². The van der Waals surface area contributed by atoms with Crippen molar-refractivity contribution in [2.45, 2.75) is 0 Å². The number of carbonyl (C=O) groups is 1. The van der Waals surface area contributed by atoms with Crippen LogP contribution in [0.2, 0.25) is 0 Å². The molecule has 0 aliphatic carbocycles. The molecule has 1 aliphatic heterocycles. The quantitative estimate of drug-likeness (QED) is 0.717. The molecular formula is C17H14BrF3N2O. The Bertz CT molecular complexity index is 776. The molecule has 0 N–H and O–H groups in total. The van der Waals surface area contributed by atoms with Gasteiger partial charge in [0.25, 0.3) is 5.91 Å². The van der Waals surface area contributed by atoms with Gasteiger partial charge < -0.3 is 9.80 Å². The number of anilines is 1. The molecule has 126 valence electrons. The van der Waals surface area contributed by atoms with Crippen LogP contribution in [-0.2, 0) is 0 Å². The van der Waals surface area contributed by atoms with Gasteiger partial charge in [0.1, 0.15) is 0 Å². The fourth-order valence-corrected chi connectivity index (χ4v) is 3.09. The zero-order valence-electron chi connectivity index (χ0n) is 12.6. The molecule has 0 aromatic heterocycles. The van der Waals surface area contributed by atoms with Crippen LogP contribution in [0.3, 0.4) is 0 Å². The van der Waals surface area contributed by atoms with Crippen LogP contribution in [-0.4, -0.2) is 37.0 Å². The summed E-state index contributed by atoms with van der Waals surface area (Å²) in [5, 5.41) is 0. The van der Waals surface area contributed by atoms with Gasteiger partial charge in [0.05, 0.1) is 5.56 Å². The van der Waals surface area contributed by atoms with Crippen molar-refractivity contribution >= 4 is 27.5 Å². The molecule has 7 heteroatoms. The summed E-state index contributed by atoms with van der Waals surface area (Å²) in [6.45, 7) is 1.91. The van der Waals surface area contributed by atoms with Crippen molar-refractivity contribution in [3.63, 3.8) is 0 Å². The minimum absolute atomic E-state index is 0.379. The van der Waals surface area contributed by atoms with E-state index in [4.69, 9.17) is 0 Å². The highest BCUT2D eigenvalue weighted by molar-refractivity contribution is 9.10. The highest BCUT2D eigenvalue weighted by atomic mass is 79.9. The lowest BCUT2D eigenvalue weighted by molar-refractivity contribution is 0.0740. The van der Waals surface area contributed by atoms with E-state index in [1.807, 2.05) is 24.3 Å². The van der Waals surface area contributed by atoms with Gasteiger partial charge in [-0.3, -0.25) is 4.79 Å². The Morgan fingerprint density at radius 3 is 2.33 bits per heavy atom. The first kappa shape index (κ1) is 16.8. The van der Waals surface area contributed by atoms with Crippen molar-refractivity contribution in [1.82, 2.24) is 4.90 Å². The summed E-state index contributed by atoms with van der Waals surface area (Å²) in [5.74, 6) is -4.98. The van der Waals surface area contributed by atoms with Gasteiger partial charge >= 0.3 is 0 Å². The lowest BCUT2D eigenvalue weighted by Crippen LogP contribution is -2.49. The van der Waals surface area contributed by atoms with Gasteiger partial charge in [-0.25, -0.2) is 13.2 Å². The summed E-state index contributed by atoms with van der Waals surface area (Å²) in [6, 6.07) is 9.55. The number of piperazine rings is 1. The van der Waals surface area contributed by atoms with Crippen molar-refractivity contribution in [3.8, 4) is 0 Å². The Morgan fingerprint density at radius 2 is 1.67 bits per heavy atom. The average Bonchev–Trinajstić information content (AvgIpc) is 2.59. The molecule has 1 heterocycles. The number of hydrogen-bond acceptors (Lipinski definition) is 2. The molecule has 0 saturated carbocycles. The third-order valence-electron chi connectivity index (χ3n) is 4.01. The summed E-state index contributed by atoms with van der Waals surface area (Å²) < 4.78 is 41.0. The summed E-state index contributed by atoms with van der Waals surface area (Å²) in [4.78, 5) is 15.9. The molecule has 0 bridgehead atoms. The van der Waals surface area contributed by atoms with Crippen LogP contribution in [0.5, 0.6) is 0 Å². The first-order chi connectivity index (χ1) is 11.5. The van der Waals surface area contributed by atoms with E-state index in [2.05, 4.69) is 20.8 Å². The Kier molecular flexibility index (Phi) is 4.80. The van der Waals surface area contributed by atoms with Crippen molar-refractivity contribution in [1.29, 1.82) is 0 Å². The summed E-state index contributed by atoms with van der Waals surface area (Å²) in [5.41, 5.74) is 0.584. The highest BCUT2D eigenvalue weighted by Crippen LogP contribution is 2.22. The number of hydrogen-bond donors (Lipinski definition) is 0. The SMILES string of the molecule is O=C(c1ccc(F)c(F)c1F)N1CCN(c2cccc(Br)c2)CC1. The Labute approximate surface area is 145 Å². The van der Waals surface area contributed by atoms with Crippen molar-refractivity contribution in [2.75, 3.05) is 31.1 Å². The van der Waals surface area contributed by atoms with Gasteiger partial charge in [-0.05, 0) is 30.3 Å². The molecule has 1 saturated heterocycles. The molecule has 0 unspecified atom stereocenters. The normalized spacial score (nSPS) is 14.8. The summed E-state index contributed by atoms with van der Waals surface area (Å²) >= 11 is 3.42. The van der Waals surface area contributed by atoms with Crippen LogP contribution in [0.4, 0.5) is 18.9 Å². The van der Waals surface area contributed by atoms with Crippen molar-refractivity contribution in [2.24, 2.45) is 0 Å². The van der Waals surface area contributed by atoms with Crippen LogP contribution < -0.4 is 4.90 Å². The maximum atomic E-state index is 13.8. The smallest absolute Gasteiger partial charge is 0.257 e. The van der Waals surface area contributed by atoms with Crippen LogP contribution in [0.1, 0.15) is 10.4 Å². The lowest BCUT2D eigenvalue weighted by atomic mass is 10.1. The van der Waals surface area contributed by atoms with E-state index in [0.717, 1.165) is 22.3 Å². The molecule has 0 atom stereocenters.